The van der Waals surface area contributed by atoms with E-state index in [4.69, 9.17) is 10.2 Å². The van der Waals surface area contributed by atoms with Crippen molar-refractivity contribution >= 4 is 11.7 Å². The van der Waals surface area contributed by atoms with Gasteiger partial charge in [0.1, 0.15) is 0 Å². The van der Waals surface area contributed by atoms with E-state index in [-0.39, 0.29) is 13.0 Å². The van der Waals surface area contributed by atoms with Crippen molar-refractivity contribution in [1.29, 1.82) is 0 Å². The minimum Gasteiger partial charge on any atom is -0.481 e. The number of nitrogens with one attached hydrogen (secondary N) is 1. The van der Waals surface area contributed by atoms with Crippen LogP contribution >= 0.6 is 0 Å². The molecule has 0 aliphatic rings. The molecule has 0 saturated carbocycles. The van der Waals surface area contributed by atoms with Gasteiger partial charge in [0.2, 0.25) is 0 Å². The maximum atomic E-state index is 10.7. The summed E-state index contributed by atoms with van der Waals surface area (Å²) >= 11 is 0. The van der Waals surface area contributed by atoms with Crippen LogP contribution in [-0.4, -0.2) is 54.6 Å². The molecule has 0 bridgehead atoms. The first-order valence-electron chi connectivity index (χ1n) is 6.97. The van der Waals surface area contributed by atoms with Crippen LogP contribution in [0.4, 0.5) is 5.69 Å². The van der Waals surface area contributed by atoms with Crippen molar-refractivity contribution in [1.82, 2.24) is 5.32 Å². The second-order valence-electron chi connectivity index (χ2n) is 5.15. The van der Waals surface area contributed by atoms with Crippen LogP contribution < -0.4 is 10.2 Å². The molecule has 2 atom stereocenters. The third-order valence-corrected chi connectivity index (χ3v) is 3.32. The Bertz CT molecular complexity index is 434. The highest BCUT2D eigenvalue weighted by Gasteiger charge is 2.21. The van der Waals surface area contributed by atoms with Gasteiger partial charge in [0.05, 0.1) is 12.7 Å². The van der Waals surface area contributed by atoms with Crippen molar-refractivity contribution < 1.29 is 20.1 Å². The highest BCUT2D eigenvalue weighted by Crippen LogP contribution is 2.22. The molecular weight excluding hydrogens is 272 g/mol. The van der Waals surface area contributed by atoms with Crippen LogP contribution in [0.25, 0.3) is 0 Å². The molecule has 118 valence electrons. The number of anilines is 1. The Morgan fingerprint density at radius 1 is 1.29 bits per heavy atom. The SMILES string of the molecule is CN(C)c1ccc(C(O)C(CCC(=O)O)NCCO)cc1. The van der Waals surface area contributed by atoms with Crippen molar-refractivity contribution in [2.45, 2.75) is 25.0 Å². The molecular formula is C15H24N2O4. The van der Waals surface area contributed by atoms with Gasteiger partial charge < -0.3 is 25.5 Å². The summed E-state index contributed by atoms with van der Waals surface area (Å²) in [6.07, 6.45) is -0.547. The molecule has 6 nitrogen and oxygen atoms in total. The Morgan fingerprint density at radius 3 is 2.38 bits per heavy atom. The van der Waals surface area contributed by atoms with Gasteiger partial charge in [-0.15, -0.1) is 0 Å². The maximum absolute atomic E-state index is 10.7. The Morgan fingerprint density at radius 2 is 1.90 bits per heavy atom. The zero-order valence-corrected chi connectivity index (χ0v) is 12.5. The molecule has 1 rings (SSSR count). The van der Waals surface area contributed by atoms with Crippen LogP contribution in [0, 0.1) is 0 Å². The van der Waals surface area contributed by atoms with Gasteiger partial charge in [-0.05, 0) is 24.1 Å². The number of carbonyl (C=O) groups is 1. The van der Waals surface area contributed by atoms with E-state index in [1.54, 1.807) is 0 Å². The minimum absolute atomic E-state index is 0.0318. The quantitative estimate of drug-likeness (QED) is 0.533. The average Bonchev–Trinajstić information content (AvgIpc) is 2.46. The van der Waals surface area contributed by atoms with E-state index in [1.807, 2.05) is 43.3 Å². The summed E-state index contributed by atoms with van der Waals surface area (Å²) in [6.45, 7) is 0.257. The number of nitrogens with zero attached hydrogens (tertiary/aromatic N) is 1. The number of aliphatic hydroxyl groups excluding tert-OH is 2. The van der Waals surface area contributed by atoms with Gasteiger partial charge in [-0.2, -0.15) is 0 Å². The molecule has 0 aliphatic heterocycles. The lowest BCUT2D eigenvalue weighted by Gasteiger charge is -2.24. The van der Waals surface area contributed by atoms with Crippen LogP contribution in [0.3, 0.4) is 0 Å². The Hall–Kier alpha value is -1.63. The van der Waals surface area contributed by atoms with Crippen LogP contribution in [0.2, 0.25) is 0 Å². The second kappa shape index (κ2) is 8.61. The summed E-state index contributed by atoms with van der Waals surface area (Å²) in [4.78, 5) is 12.7. The van der Waals surface area contributed by atoms with E-state index >= 15 is 0 Å². The van der Waals surface area contributed by atoms with Crippen molar-refractivity contribution in [2.24, 2.45) is 0 Å². The lowest BCUT2D eigenvalue weighted by atomic mass is 9.98. The Labute approximate surface area is 125 Å². The molecule has 0 spiro atoms. The van der Waals surface area contributed by atoms with Crippen molar-refractivity contribution in [3.05, 3.63) is 29.8 Å². The number of carboxylic acid groups (broad SMARTS) is 1. The highest BCUT2D eigenvalue weighted by atomic mass is 16.4. The third kappa shape index (κ3) is 5.71. The molecule has 2 unspecified atom stereocenters. The molecule has 0 heterocycles. The number of carboxylic acids is 1. The van der Waals surface area contributed by atoms with Crippen molar-refractivity contribution in [3.8, 4) is 0 Å². The largest absolute Gasteiger partial charge is 0.481 e. The number of aliphatic hydroxyl groups is 2. The van der Waals surface area contributed by atoms with E-state index in [9.17, 15) is 9.90 Å². The Kier molecular flexibility index (Phi) is 7.14. The zero-order chi connectivity index (χ0) is 15.8. The fraction of sp³-hybridized carbons (Fsp3) is 0.533. The highest BCUT2D eigenvalue weighted by molar-refractivity contribution is 5.66. The van der Waals surface area contributed by atoms with E-state index < -0.39 is 18.1 Å². The van der Waals surface area contributed by atoms with Crippen molar-refractivity contribution in [2.75, 3.05) is 32.1 Å². The second-order valence-corrected chi connectivity index (χ2v) is 5.15. The van der Waals surface area contributed by atoms with Gasteiger partial charge in [-0.25, -0.2) is 0 Å². The number of aliphatic carboxylic acids is 1. The van der Waals surface area contributed by atoms with Crippen LogP contribution in [0.5, 0.6) is 0 Å². The molecule has 0 aromatic heterocycles. The summed E-state index contributed by atoms with van der Waals surface area (Å²) in [5.74, 6) is -0.902. The first-order valence-corrected chi connectivity index (χ1v) is 6.97. The first-order chi connectivity index (χ1) is 9.95. The maximum Gasteiger partial charge on any atom is 0.303 e. The molecule has 6 heteroatoms. The minimum atomic E-state index is -0.902. The number of hydrogen-bond donors (Lipinski definition) is 4. The molecule has 4 N–H and O–H groups in total. The summed E-state index contributed by atoms with van der Waals surface area (Å²) in [5.41, 5.74) is 1.75. The first kappa shape index (κ1) is 17.4. The lowest BCUT2D eigenvalue weighted by molar-refractivity contribution is -0.137. The third-order valence-electron chi connectivity index (χ3n) is 3.32. The van der Waals surface area contributed by atoms with E-state index in [0.717, 1.165) is 11.3 Å². The van der Waals surface area contributed by atoms with Gasteiger partial charge in [0.15, 0.2) is 0 Å². The van der Waals surface area contributed by atoms with Gasteiger partial charge in [0, 0.05) is 38.8 Å². The smallest absolute Gasteiger partial charge is 0.303 e. The fourth-order valence-electron chi connectivity index (χ4n) is 2.10. The topological polar surface area (TPSA) is 93.0 Å². The van der Waals surface area contributed by atoms with E-state index in [1.165, 1.54) is 0 Å². The van der Waals surface area contributed by atoms with Gasteiger partial charge in [0.25, 0.3) is 0 Å². The molecule has 0 radical (unpaired) electrons. The molecule has 1 aromatic carbocycles. The lowest BCUT2D eigenvalue weighted by Crippen LogP contribution is -2.37. The fourth-order valence-corrected chi connectivity index (χ4v) is 2.10. The predicted octanol–water partition coefficient (Wildman–Crippen LogP) is 0.601. The van der Waals surface area contributed by atoms with Crippen LogP contribution in [-0.2, 0) is 4.79 Å². The molecule has 21 heavy (non-hydrogen) atoms. The van der Waals surface area contributed by atoms with E-state index in [2.05, 4.69) is 5.32 Å². The summed E-state index contributed by atoms with van der Waals surface area (Å²) in [6, 6.07) is 7.05. The normalized spacial score (nSPS) is 13.7. The van der Waals surface area contributed by atoms with E-state index in [0.29, 0.717) is 13.0 Å². The van der Waals surface area contributed by atoms with Gasteiger partial charge in [-0.3, -0.25) is 4.79 Å². The number of benzene rings is 1. The zero-order valence-electron chi connectivity index (χ0n) is 12.5. The monoisotopic (exact) mass is 296 g/mol. The Balaban J connectivity index is 2.77. The van der Waals surface area contributed by atoms with Crippen molar-refractivity contribution in [3.63, 3.8) is 0 Å². The molecule has 0 amide bonds. The summed E-state index contributed by atoms with van der Waals surface area (Å²) < 4.78 is 0. The van der Waals surface area contributed by atoms with Gasteiger partial charge in [-0.1, -0.05) is 12.1 Å². The molecule has 0 saturated heterocycles. The summed E-state index contributed by atoms with van der Waals surface area (Å²) in [5, 5.41) is 31.0. The number of hydrogen-bond acceptors (Lipinski definition) is 5. The molecule has 1 aromatic rings. The average molecular weight is 296 g/mol. The molecule has 0 aliphatic carbocycles. The van der Waals surface area contributed by atoms with Crippen LogP contribution in [0.1, 0.15) is 24.5 Å². The molecule has 0 fully saturated rings. The van der Waals surface area contributed by atoms with Gasteiger partial charge >= 0.3 is 5.97 Å². The predicted molar refractivity (Wildman–Crippen MR) is 81.5 cm³/mol. The number of rotatable bonds is 9. The van der Waals surface area contributed by atoms with Crippen LogP contribution in [0.15, 0.2) is 24.3 Å². The summed E-state index contributed by atoms with van der Waals surface area (Å²) in [7, 11) is 3.87. The standard InChI is InChI=1S/C15H24N2O4/c1-17(2)12-5-3-11(4-6-12)15(21)13(16-9-10-18)7-8-14(19)20/h3-6,13,15-16,18,21H,7-10H2,1-2H3,(H,19,20).